The Bertz CT molecular complexity index is 1850. The molecule has 0 saturated carbocycles. The molecule has 0 unspecified atom stereocenters. The Kier molecular flexibility index (Phi) is 13.9. The number of aromatic hydroxyl groups is 3. The van der Waals surface area contributed by atoms with Crippen LogP contribution in [0, 0.1) is 0 Å². The van der Waals surface area contributed by atoms with Crippen molar-refractivity contribution in [3.8, 4) is 17.2 Å². The number of nitrogens with two attached hydrogens (primary N) is 1. The van der Waals surface area contributed by atoms with Crippen molar-refractivity contribution in [3.05, 3.63) is 125 Å². The number of hydrogen-bond acceptors (Lipinski definition) is 9. The van der Waals surface area contributed by atoms with Crippen LogP contribution in [0.15, 0.2) is 103 Å². The summed E-state index contributed by atoms with van der Waals surface area (Å²) in [5.74, 6) is -4.33. The van der Waals surface area contributed by atoms with Crippen LogP contribution in [0.25, 0.3) is 0 Å². The second-order valence-electron chi connectivity index (χ2n) is 12.7. The van der Waals surface area contributed by atoms with Crippen molar-refractivity contribution in [2.75, 3.05) is 0 Å². The van der Waals surface area contributed by atoms with E-state index < -0.39 is 59.8 Å². The standard InChI is InChI=1S/C39H43N5O9/c1-23(39(52)53)41-36(49)32(20-25-7-13-28(45)14-8-25)43-38(51)34(22-27-11-17-30(47)18-12-27)44-37(50)33(21-26-9-15-29(46)16-10-26)42-35(48)31(40)19-24-5-3-2-4-6-24/h2-18,23,31-34,45-47H,19-22,40H2,1H3,(H,41,49)(H,42,48)(H,43,51)(H,44,50)(H,52,53)/t23-,31-,32-,33-,34-/m0/s1. The number of rotatable bonds is 17. The van der Waals surface area contributed by atoms with Gasteiger partial charge in [0.05, 0.1) is 6.04 Å². The first-order valence-electron chi connectivity index (χ1n) is 16.8. The minimum atomic E-state index is -1.34. The van der Waals surface area contributed by atoms with Crippen molar-refractivity contribution in [1.29, 1.82) is 0 Å². The van der Waals surface area contributed by atoms with E-state index in [1.807, 2.05) is 30.3 Å². The molecule has 5 atom stereocenters. The van der Waals surface area contributed by atoms with Crippen LogP contribution < -0.4 is 27.0 Å². The van der Waals surface area contributed by atoms with Crippen LogP contribution in [0.2, 0.25) is 0 Å². The van der Waals surface area contributed by atoms with Gasteiger partial charge in [-0.2, -0.15) is 0 Å². The van der Waals surface area contributed by atoms with E-state index in [1.54, 1.807) is 24.3 Å². The third-order valence-electron chi connectivity index (χ3n) is 8.39. The topological polar surface area (TPSA) is 240 Å². The van der Waals surface area contributed by atoms with Crippen molar-refractivity contribution >= 4 is 29.6 Å². The van der Waals surface area contributed by atoms with Crippen molar-refractivity contribution in [2.24, 2.45) is 5.73 Å². The third kappa shape index (κ3) is 12.4. The van der Waals surface area contributed by atoms with Gasteiger partial charge in [-0.25, -0.2) is 0 Å². The van der Waals surface area contributed by atoms with Crippen molar-refractivity contribution in [3.63, 3.8) is 0 Å². The van der Waals surface area contributed by atoms with E-state index in [1.165, 1.54) is 55.5 Å². The predicted octanol–water partition coefficient (Wildman–Crippen LogP) is 1.45. The number of nitrogens with one attached hydrogen (secondary N) is 4. The van der Waals surface area contributed by atoms with Gasteiger partial charge < -0.3 is 47.4 Å². The third-order valence-corrected chi connectivity index (χ3v) is 8.39. The van der Waals surface area contributed by atoms with Gasteiger partial charge in [-0.1, -0.05) is 66.7 Å². The summed E-state index contributed by atoms with van der Waals surface area (Å²) in [6, 6.07) is 20.7. The zero-order valence-electron chi connectivity index (χ0n) is 28.9. The minimum Gasteiger partial charge on any atom is -0.508 e. The van der Waals surface area contributed by atoms with Gasteiger partial charge in [0.25, 0.3) is 0 Å². The molecular formula is C39H43N5O9. The van der Waals surface area contributed by atoms with E-state index in [0.717, 1.165) is 5.56 Å². The summed E-state index contributed by atoms with van der Waals surface area (Å²) < 4.78 is 0. The molecule has 53 heavy (non-hydrogen) atoms. The van der Waals surface area contributed by atoms with Gasteiger partial charge in [0.1, 0.15) is 41.4 Å². The van der Waals surface area contributed by atoms with Crippen LogP contribution in [0.4, 0.5) is 0 Å². The fourth-order valence-electron chi connectivity index (χ4n) is 5.39. The van der Waals surface area contributed by atoms with E-state index in [0.29, 0.717) is 16.7 Å². The van der Waals surface area contributed by atoms with Crippen LogP contribution >= 0.6 is 0 Å². The first-order chi connectivity index (χ1) is 25.3. The molecule has 0 fully saturated rings. The Balaban J connectivity index is 1.61. The normalized spacial score (nSPS) is 13.7. The molecule has 0 bridgehead atoms. The Morgan fingerprint density at radius 1 is 0.491 bits per heavy atom. The molecule has 278 valence electrons. The highest BCUT2D eigenvalue weighted by atomic mass is 16.4. The van der Waals surface area contributed by atoms with Crippen LogP contribution in [0.5, 0.6) is 17.2 Å². The summed E-state index contributed by atoms with van der Waals surface area (Å²) in [4.78, 5) is 66.3. The van der Waals surface area contributed by atoms with Crippen molar-refractivity contribution in [2.45, 2.75) is 62.8 Å². The summed E-state index contributed by atoms with van der Waals surface area (Å²) >= 11 is 0. The lowest BCUT2D eigenvalue weighted by molar-refractivity contribution is -0.141. The van der Waals surface area contributed by atoms with Crippen LogP contribution in [-0.2, 0) is 49.7 Å². The molecule has 10 N–H and O–H groups in total. The van der Waals surface area contributed by atoms with Crippen LogP contribution in [0.3, 0.4) is 0 Å². The maximum Gasteiger partial charge on any atom is 0.325 e. The maximum absolute atomic E-state index is 14.0. The molecule has 0 heterocycles. The molecule has 14 heteroatoms. The molecule has 4 aromatic rings. The van der Waals surface area contributed by atoms with Gasteiger partial charge in [-0.05, 0) is 72.0 Å². The molecule has 0 aliphatic rings. The molecule has 14 nitrogen and oxygen atoms in total. The first-order valence-corrected chi connectivity index (χ1v) is 16.8. The first kappa shape index (κ1) is 39.4. The molecule has 4 rings (SSSR count). The fraction of sp³-hybridized carbons (Fsp3) is 0.256. The largest absolute Gasteiger partial charge is 0.508 e. The number of phenolic OH excluding ortho intramolecular Hbond substituents is 3. The number of carbonyl (C=O) groups excluding carboxylic acids is 4. The molecule has 0 aliphatic carbocycles. The molecule has 4 amide bonds. The predicted molar refractivity (Wildman–Crippen MR) is 195 cm³/mol. The van der Waals surface area contributed by atoms with Crippen molar-refractivity contribution in [1.82, 2.24) is 21.3 Å². The summed E-state index contributed by atoms with van der Waals surface area (Å²) in [5, 5.41) is 49.1. The number of phenols is 3. The average molecular weight is 726 g/mol. The van der Waals surface area contributed by atoms with E-state index in [2.05, 4.69) is 21.3 Å². The summed E-state index contributed by atoms with van der Waals surface area (Å²) in [6.45, 7) is 1.27. The molecule has 0 radical (unpaired) electrons. The maximum atomic E-state index is 14.0. The lowest BCUT2D eigenvalue weighted by Gasteiger charge is -2.26. The zero-order chi connectivity index (χ0) is 38.5. The lowest BCUT2D eigenvalue weighted by atomic mass is 10.00. The van der Waals surface area contributed by atoms with Gasteiger partial charge in [0.2, 0.25) is 23.6 Å². The molecular weight excluding hydrogens is 682 g/mol. The Morgan fingerprint density at radius 3 is 1.17 bits per heavy atom. The molecule has 0 saturated heterocycles. The number of carboxylic acid groups (broad SMARTS) is 1. The van der Waals surface area contributed by atoms with Gasteiger partial charge in [0, 0.05) is 19.3 Å². The van der Waals surface area contributed by atoms with Crippen LogP contribution in [-0.4, -0.2) is 80.2 Å². The summed E-state index contributed by atoms with van der Waals surface area (Å²) in [5.41, 5.74) is 8.69. The van der Waals surface area contributed by atoms with E-state index in [4.69, 9.17) is 5.73 Å². The van der Waals surface area contributed by atoms with E-state index >= 15 is 0 Å². The number of benzene rings is 4. The molecule has 0 spiro atoms. The summed E-state index contributed by atoms with van der Waals surface area (Å²) in [6.07, 6.45) is -0.0489. The number of hydrogen-bond donors (Lipinski definition) is 9. The Labute approximate surface area is 306 Å². The van der Waals surface area contributed by atoms with E-state index in [-0.39, 0.29) is 42.9 Å². The number of carbonyl (C=O) groups is 5. The molecule has 4 aromatic carbocycles. The SMILES string of the molecule is C[C@H](NC(=O)[C@H](Cc1ccc(O)cc1)NC(=O)[C@H](Cc1ccc(O)cc1)NC(=O)[C@H](Cc1ccc(O)cc1)NC(=O)[C@@H](N)Cc1ccccc1)C(=O)O. The second kappa shape index (κ2) is 18.7. The molecule has 0 aromatic heterocycles. The van der Waals surface area contributed by atoms with Gasteiger partial charge in [0.15, 0.2) is 0 Å². The highest BCUT2D eigenvalue weighted by Gasteiger charge is 2.32. The quantitative estimate of drug-likeness (QED) is 0.0759. The van der Waals surface area contributed by atoms with E-state index in [9.17, 15) is 44.4 Å². The zero-order valence-corrected chi connectivity index (χ0v) is 28.9. The van der Waals surface area contributed by atoms with Gasteiger partial charge in [-0.3, -0.25) is 24.0 Å². The highest BCUT2D eigenvalue weighted by molar-refractivity contribution is 5.95. The fourth-order valence-corrected chi connectivity index (χ4v) is 5.39. The number of carboxylic acids is 1. The molecule has 0 aliphatic heterocycles. The summed E-state index contributed by atoms with van der Waals surface area (Å²) in [7, 11) is 0. The Morgan fingerprint density at radius 2 is 0.811 bits per heavy atom. The number of amides is 4. The van der Waals surface area contributed by atoms with Crippen LogP contribution in [0.1, 0.15) is 29.2 Å². The monoisotopic (exact) mass is 725 g/mol. The van der Waals surface area contributed by atoms with Gasteiger partial charge >= 0.3 is 5.97 Å². The van der Waals surface area contributed by atoms with Crippen molar-refractivity contribution < 1.29 is 44.4 Å². The second-order valence-corrected chi connectivity index (χ2v) is 12.7. The highest BCUT2D eigenvalue weighted by Crippen LogP contribution is 2.16. The smallest absolute Gasteiger partial charge is 0.325 e. The number of aliphatic carboxylic acids is 1. The minimum absolute atomic E-state index is 0.00190. The van der Waals surface area contributed by atoms with Gasteiger partial charge in [-0.15, -0.1) is 0 Å². The Hall–Kier alpha value is -6.41. The lowest BCUT2D eigenvalue weighted by Crippen LogP contribution is -2.59. The average Bonchev–Trinajstić information content (AvgIpc) is 3.13.